The molecule has 1 aliphatic heterocycles. The molecule has 2 aromatic rings. The lowest BCUT2D eigenvalue weighted by molar-refractivity contribution is 0.323. The first-order chi connectivity index (χ1) is 13.0. The summed E-state index contributed by atoms with van der Waals surface area (Å²) >= 11 is 0. The van der Waals surface area contributed by atoms with E-state index in [1.807, 2.05) is 0 Å². The molecule has 8 heteroatoms. The molecule has 1 aliphatic rings. The summed E-state index contributed by atoms with van der Waals surface area (Å²) in [5, 5.41) is 29.6. The Labute approximate surface area is 155 Å². The first kappa shape index (κ1) is 18.1. The highest BCUT2D eigenvalue weighted by atomic mass is 16.5. The summed E-state index contributed by atoms with van der Waals surface area (Å²) in [7, 11) is 4.46. The molecular formula is C19H18N2O6. The SMILES string of the molecule is COc1cc([C@H]2C(C#N)=C(N)Oc3c2ccc(O)c3O)cc(OC)c1OC. The summed E-state index contributed by atoms with van der Waals surface area (Å²) in [6.45, 7) is 0. The van der Waals surface area contributed by atoms with Crippen molar-refractivity contribution in [2.75, 3.05) is 21.3 Å². The third-order valence-corrected chi connectivity index (χ3v) is 4.36. The molecular weight excluding hydrogens is 352 g/mol. The Bertz CT molecular complexity index is 952. The Balaban J connectivity index is 2.30. The Morgan fingerprint density at radius 3 is 2.22 bits per heavy atom. The van der Waals surface area contributed by atoms with Gasteiger partial charge in [-0.25, -0.2) is 0 Å². The molecule has 0 aromatic heterocycles. The number of nitrogens with two attached hydrogens (primary N) is 1. The second-order valence-corrected chi connectivity index (χ2v) is 5.74. The van der Waals surface area contributed by atoms with Gasteiger partial charge >= 0.3 is 0 Å². The molecule has 0 amide bonds. The van der Waals surface area contributed by atoms with E-state index >= 15 is 0 Å². The van der Waals surface area contributed by atoms with E-state index in [4.69, 9.17) is 24.7 Å². The zero-order chi connectivity index (χ0) is 19.7. The van der Waals surface area contributed by atoms with Gasteiger partial charge in [-0.3, -0.25) is 0 Å². The minimum absolute atomic E-state index is 0.00903. The average Bonchev–Trinajstić information content (AvgIpc) is 2.68. The summed E-state index contributed by atoms with van der Waals surface area (Å²) in [5.41, 5.74) is 7.13. The number of methoxy groups -OCH3 is 3. The van der Waals surface area contributed by atoms with Gasteiger partial charge in [0.05, 0.1) is 27.2 Å². The number of phenolic OH excluding ortho intramolecular Hbond substituents is 2. The maximum absolute atomic E-state index is 10.2. The highest BCUT2D eigenvalue weighted by molar-refractivity contribution is 5.65. The maximum atomic E-state index is 10.2. The Hall–Kier alpha value is -3.73. The van der Waals surface area contributed by atoms with Crippen LogP contribution in [0.15, 0.2) is 35.7 Å². The number of nitrogens with zero attached hydrogens (tertiary/aromatic N) is 1. The lowest BCUT2D eigenvalue weighted by Crippen LogP contribution is -2.21. The standard InChI is InChI=1S/C19H18N2O6/c1-24-13-6-9(7-14(25-2)18(13)26-3)15-10-4-5-12(22)16(23)17(10)27-19(21)11(15)8-20/h4-7,15,22-23H,21H2,1-3H3/t15-/m1/s1. The van der Waals surface area contributed by atoms with Crippen LogP contribution >= 0.6 is 0 Å². The lowest BCUT2D eigenvalue weighted by Gasteiger charge is -2.27. The smallest absolute Gasteiger partial charge is 0.205 e. The number of hydrogen-bond donors (Lipinski definition) is 3. The topological polar surface area (TPSA) is 127 Å². The molecule has 4 N–H and O–H groups in total. The third kappa shape index (κ3) is 2.79. The molecule has 0 spiro atoms. The molecule has 0 saturated carbocycles. The van der Waals surface area contributed by atoms with Gasteiger partial charge in [0.1, 0.15) is 11.6 Å². The van der Waals surface area contributed by atoms with Crippen LogP contribution in [0.4, 0.5) is 0 Å². The summed E-state index contributed by atoms with van der Waals surface area (Å²) in [5.74, 6) is -0.443. The Kier molecular flexibility index (Phi) is 4.60. The van der Waals surface area contributed by atoms with Crippen molar-refractivity contribution in [3.63, 3.8) is 0 Å². The van der Waals surface area contributed by atoms with Gasteiger partial charge in [-0.2, -0.15) is 5.26 Å². The zero-order valence-electron chi connectivity index (χ0n) is 14.9. The maximum Gasteiger partial charge on any atom is 0.205 e. The van der Waals surface area contributed by atoms with E-state index in [0.717, 1.165) is 0 Å². The van der Waals surface area contributed by atoms with Gasteiger partial charge < -0.3 is 34.9 Å². The normalized spacial score (nSPS) is 15.4. The number of ether oxygens (including phenoxy) is 4. The van der Waals surface area contributed by atoms with Crippen molar-refractivity contribution in [1.82, 2.24) is 0 Å². The van der Waals surface area contributed by atoms with Crippen LogP contribution in [-0.2, 0) is 0 Å². The van der Waals surface area contributed by atoms with Crippen molar-refractivity contribution in [2.24, 2.45) is 5.73 Å². The largest absolute Gasteiger partial charge is 0.504 e. The third-order valence-electron chi connectivity index (χ3n) is 4.36. The predicted molar refractivity (Wildman–Crippen MR) is 95.2 cm³/mol. The number of hydrogen-bond acceptors (Lipinski definition) is 8. The van der Waals surface area contributed by atoms with Crippen LogP contribution in [0.5, 0.6) is 34.5 Å². The molecule has 27 heavy (non-hydrogen) atoms. The van der Waals surface area contributed by atoms with Crippen LogP contribution in [0.2, 0.25) is 0 Å². The van der Waals surface area contributed by atoms with Gasteiger partial charge in [0, 0.05) is 5.56 Å². The number of benzene rings is 2. The first-order valence-corrected chi connectivity index (χ1v) is 7.89. The van der Waals surface area contributed by atoms with E-state index in [1.165, 1.54) is 27.4 Å². The summed E-state index contributed by atoms with van der Waals surface area (Å²) in [6.07, 6.45) is 0. The number of fused-ring (bicyclic) bond motifs is 1. The summed E-state index contributed by atoms with van der Waals surface area (Å²) in [4.78, 5) is 0. The number of phenols is 2. The quantitative estimate of drug-likeness (QED) is 0.700. The molecule has 0 aliphatic carbocycles. The molecule has 1 heterocycles. The van der Waals surface area contributed by atoms with Crippen molar-refractivity contribution in [3.05, 3.63) is 46.8 Å². The second kappa shape index (κ2) is 6.88. The highest BCUT2D eigenvalue weighted by Crippen LogP contribution is 2.51. The molecule has 0 bridgehead atoms. The van der Waals surface area contributed by atoms with Gasteiger partial charge in [-0.1, -0.05) is 6.07 Å². The molecule has 8 nitrogen and oxygen atoms in total. The van der Waals surface area contributed by atoms with E-state index in [9.17, 15) is 15.5 Å². The number of rotatable bonds is 4. The lowest BCUT2D eigenvalue weighted by atomic mass is 9.83. The summed E-state index contributed by atoms with van der Waals surface area (Å²) < 4.78 is 21.5. The van der Waals surface area contributed by atoms with Crippen LogP contribution < -0.4 is 24.7 Å². The van der Waals surface area contributed by atoms with Gasteiger partial charge in [-0.15, -0.1) is 0 Å². The monoisotopic (exact) mass is 370 g/mol. The zero-order valence-corrected chi connectivity index (χ0v) is 14.9. The van der Waals surface area contributed by atoms with E-state index in [0.29, 0.717) is 28.4 Å². The van der Waals surface area contributed by atoms with Gasteiger partial charge in [0.15, 0.2) is 23.0 Å². The molecule has 0 fully saturated rings. The minimum atomic E-state index is -0.668. The predicted octanol–water partition coefficient (Wildman–Crippen LogP) is 2.34. The Morgan fingerprint density at radius 2 is 1.70 bits per heavy atom. The molecule has 0 unspecified atom stereocenters. The number of allylic oxidation sites excluding steroid dienone is 1. The van der Waals surface area contributed by atoms with Crippen LogP contribution in [0.3, 0.4) is 0 Å². The van der Waals surface area contributed by atoms with Gasteiger partial charge in [0.25, 0.3) is 0 Å². The fraction of sp³-hybridized carbons (Fsp3) is 0.211. The van der Waals surface area contributed by atoms with Crippen molar-refractivity contribution < 1.29 is 29.2 Å². The molecule has 1 atom stereocenters. The first-order valence-electron chi connectivity index (χ1n) is 7.89. The average molecular weight is 370 g/mol. The van der Waals surface area contributed by atoms with Gasteiger partial charge in [0.2, 0.25) is 17.4 Å². The van der Waals surface area contributed by atoms with Crippen molar-refractivity contribution in [1.29, 1.82) is 5.26 Å². The summed E-state index contributed by atoms with van der Waals surface area (Å²) in [6, 6.07) is 8.31. The second-order valence-electron chi connectivity index (χ2n) is 5.74. The van der Waals surface area contributed by atoms with Crippen LogP contribution in [-0.4, -0.2) is 31.5 Å². The number of nitriles is 1. The molecule has 140 valence electrons. The van der Waals surface area contributed by atoms with Crippen molar-refractivity contribution in [2.45, 2.75) is 5.92 Å². The fourth-order valence-corrected chi connectivity index (χ4v) is 3.11. The highest BCUT2D eigenvalue weighted by Gasteiger charge is 2.34. The molecule has 0 saturated heterocycles. The van der Waals surface area contributed by atoms with E-state index < -0.39 is 11.7 Å². The van der Waals surface area contributed by atoms with E-state index in [-0.39, 0.29) is 23.0 Å². The molecule has 3 rings (SSSR count). The van der Waals surface area contributed by atoms with Crippen molar-refractivity contribution >= 4 is 0 Å². The van der Waals surface area contributed by atoms with Crippen molar-refractivity contribution in [3.8, 4) is 40.6 Å². The minimum Gasteiger partial charge on any atom is -0.504 e. The van der Waals surface area contributed by atoms with Crippen LogP contribution in [0, 0.1) is 11.3 Å². The number of aromatic hydroxyl groups is 2. The van der Waals surface area contributed by atoms with Crippen LogP contribution in [0.25, 0.3) is 0 Å². The molecule has 0 radical (unpaired) electrons. The fourth-order valence-electron chi connectivity index (χ4n) is 3.11. The van der Waals surface area contributed by atoms with Gasteiger partial charge in [-0.05, 0) is 23.8 Å². The van der Waals surface area contributed by atoms with E-state index in [1.54, 1.807) is 18.2 Å². The van der Waals surface area contributed by atoms with Crippen LogP contribution in [0.1, 0.15) is 17.0 Å². The Morgan fingerprint density at radius 1 is 1.07 bits per heavy atom. The van der Waals surface area contributed by atoms with E-state index in [2.05, 4.69) is 6.07 Å². The molecule has 2 aromatic carbocycles.